The molecule has 0 aromatic heterocycles. The van der Waals surface area contributed by atoms with Crippen LogP contribution >= 0.6 is 0 Å². The quantitative estimate of drug-likeness (QED) is 0.499. The van der Waals surface area contributed by atoms with E-state index in [-0.39, 0.29) is 19.4 Å². The van der Waals surface area contributed by atoms with Crippen LogP contribution < -0.4 is 5.32 Å². The van der Waals surface area contributed by atoms with Gasteiger partial charge in [0.1, 0.15) is 12.6 Å². The van der Waals surface area contributed by atoms with E-state index in [9.17, 15) is 19.2 Å². The predicted octanol–water partition coefficient (Wildman–Crippen LogP) is 0.932. The van der Waals surface area contributed by atoms with Crippen molar-refractivity contribution in [2.24, 2.45) is 0 Å². The first-order chi connectivity index (χ1) is 11.0. The van der Waals surface area contributed by atoms with Gasteiger partial charge in [-0.3, -0.25) is 4.79 Å². The van der Waals surface area contributed by atoms with Gasteiger partial charge in [0.2, 0.25) is 0 Å². The molecule has 1 heterocycles. The molecule has 1 N–H and O–H groups in total. The maximum atomic E-state index is 11.6. The first kappa shape index (κ1) is 16.5. The van der Waals surface area contributed by atoms with Crippen LogP contribution in [0.1, 0.15) is 28.8 Å². The molecule has 8 nitrogen and oxygen atoms in total. The number of cyclic esters (lactones) is 2. The Morgan fingerprint density at radius 3 is 2.57 bits per heavy atom. The van der Waals surface area contributed by atoms with E-state index in [0.717, 1.165) is 0 Å². The molecule has 0 spiro atoms. The summed E-state index contributed by atoms with van der Waals surface area (Å²) in [7, 11) is 1.29. The van der Waals surface area contributed by atoms with E-state index < -0.39 is 30.0 Å². The van der Waals surface area contributed by atoms with E-state index in [1.54, 1.807) is 24.3 Å². The zero-order valence-corrected chi connectivity index (χ0v) is 12.4. The minimum atomic E-state index is -0.887. The average Bonchev–Trinajstić information content (AvgIpc) is 2.55. The summed E-state index contributed by atoms with van der Waals surface area (Å²) in [5.74, 6) is -1.85. The Morgan fingerprint density at radius 2 is 1.96 bits per heavy atom. The number of alkyl carbamates (subject to hydrolysis) is 1. The van der Waals surface area contributed by atoms with E-state index in [2.05, 4.69) is 14.8 Å². The summed E-state index contributed by atoms with van der Waals surface area (Å²) in [5.41, 5.74) is 1.05. The van der Waals surface area contributed by atoms with Gasteiger partial charge in [0, 0.05) is 6.42 Å². The van der Waals surface area contributed by atoms with E-state index in [1.807, 2.05) is 0 Å². The van der Waals surface area contributed by atoms with Gasteiger partial charge < -0.3 is 19.5 Å². The summed E-state index contributed by atoms with van der Waals surface area (Å²) < 4.78 is 14.0. The Bertz CT molecular complexity index is 623. The Hall–Kier alpha value is -2.90. The number of hydrogen-bond donors (Lipinski definition) is 1. The van der Waals surface area contributed by atoms with Crippen LogP contribution in [0.3, 0.4) is 0 Å². The third-order valence-corrected chi connectivity index (χ3v) is 3.17. The van der Waals surface area contributed by atoms with Gasteiger partial charge in [-0.15, -0.1) is 0 Å². The lowest BCUT2D eigenvalue weighted by molar-refractivity contribution is -0.165. The van der Waals surface area contributed by atoms with Crippen LogP contribution in [-0.2, 0) is 30.4 Å². The molecule has 1 atom stereocenters. The Morgan fingerprint density at radius 1 is 1.26 bits per heavy atom. The van der Waals surface area contributed by atoms with Gasteiger partial charge >= 0.3 is 24.0 Å². The maximum Gasteiger partial charge on any atom is 0.408 e. The lowest BCUT2D eigenvalue weighted by Gasteiger charge is -2.20. The van der Waals surface area contributed by atoms with Gasteiger partial charge in [0.25, 0.3) is 0 Å². The molecule has 1 aliphatic heterocycles. The van der Waals surface area contributed by atoms with Crippen LogP contribution in [0.15, 0.2) is 24.3 Å². The summed E-state index contributed by atoms with van der Waals surface area (Å²) >= 11 is 0. The van der Waals surface area contributed by atoms with E-state index in [4.69, 9.17) is 4.74 Å². The van der Waals surface area contributed by atoms with E-state index in [0.29, 0.717) is 11.1 Å². The van der Waals surface area contributed by atoms with Gasteiger partial charge in [-0.05, 0) is 24.1 Å². The zero-order valence-electron chi connectivity index (χ0n) is 12.4. The standard InChI is InChI=1S/C15H15NO7/c1-21-13(18)10-4-2-9(3-5-10)8-22-15(20)16-11-6-7-12(17)23-14(11)19/h2-5,11H,6-8H2,1H3,(H,16,20)/t11-/m0/s1. The topological polar surface area (TPSA) is 108 Å². The monoisotopic (exact) mass is 321 g/mol. The average molecular weight is 321 g/mol. The Labute approximate surface area is 131 Å². The van der Waals surface area contributed by atoms with Gasteiger partial charge in [-0.2, -0.15) is 0 Å². The van der Waals surface area contributed by atoms with Crippen molar-refractivity contribution in [3.05, 3.63) is 35.4 Å². The first-order valence-corrected chi connectivity index (χ1v) is 6.84. The highest BCUT2D eigenvalue weighted by molar-refractivity contribution is 5.93. The Balaban J connectivity index is 1.81. The largest absolute Gasteiger partial charge is 0.465 e. The molecule has 23 heavy (non-hydrogen) atoms. The fourth-order valence-corrected chi connectivity index (χ4v) is 1.93. The molecular weight excluding hydrogens is 306 g/mol. The molecule has 0 radical (unpaired) electrons. The molecule has 0 bridgehead atoms. The second-order valence-electron chi connectivity index (χ2n) is 4.79. The molecule has 1 amide bonds. The maximum absolute atomic E-state index is 11.6. The van der Waals surface area contributed by atoms with Crippen molar-refractivity contribution in [3.8, 4) is 0 Å². The van der Waals surface area contributed by atoms with Gasteiger partial charge in [-0.1, -0.05) is 12.1 Å². The van der Waals surface area contributed by atoms with Crippen molar-refractivity contribution in [3.63, 3.8) is 0 Å². The SMILES string of the molecule is COC(=O)c1ccc(COC(=O)N[C@H]2CCC(=O)OC2=O)cc1. The van der Waals surface area contributed by atoms with Crippen molar-refractivity contribution in [1.82, 2.24) is 5.32 Å². The normalized spacial score (nSPS) is 17.2. The van der Waals surface area contributed by atoms with Gasteiger partial charge in [-0.25, -0.2) is 14.4 Å². The number of carbonyl (C=O) groups is 4. The number of methoxy groups -OCH3 is 1. The fourth-order valence-electron chi connectivity index (χ4n) is 1.93. The number of rotatable bonds is 4. The van der Waals surface area contributed by atoms with Crippen LogP contribution in [0.2, 0.25) is 0 Å². The fraction of sp³-hybridized carbons (Fsp3) is 0.333. The lowest BCUT2D eigenvalue weighted by Crippen LogP contribution is -2.45. The minimum Gasteiger partial charge on any atom is -0.465 e. The number of nitrogens with one attached hydrogen (secondary N) is 1. The molecule has 8 heteroatoms. The number of esters is 3. The van der Waals surface area contributed by atoms with Crippen LogP contribution in [0, 0.1) is 0 Å². The van der Waals surface area contributed by atoms with Crippen molar-refractivity contribution in [2.45, 2.75) is 25.5 Å². The summed E-state index contributed by atoms with van der Waals surface area (Å²) in [5, 5.41) is 2.34. The molecule has 1 aromatic carbocycles. The molecular formula is C15H15NO7. The van der Waals surface area contributed by atoms with Crippen molar-refractivity contribution < 1.29 is 33.4 Å². The highest BCUT2D eigenvalue weighted by Crippen LogP contribution is 2.10. The highest BCUT2D eigenvalue weighted by atomic mass is 16.6. The third kappa shape index (κ3) is 4.53. The summed E-state index contributed by atoms with van der Waals surface area (Å²) in [4.78, 5) is 45.2. The van der Waals surface area contributed by atoms with Gasteiger partial charge in [0.05, 0.1) is 12.7 Å². The molecule has 0 aliphatic carbocycles. The van der Waals surface area contributed by atoms with Crippen molar-refractivity contribution in [2.75, 3.05) is 7.11 Å². The molecule has 122 valence electrons. The summed E-state index contributed by atoms with van der Waals surface area (Å²) in [6, 6.07) is 5.45. The smallest absolute Gasteiger partial charge is 0.408 e. The van der Waals surface area contributed by atoms with Gasteiger partial charge in [0.15, 0.2) is 0 Å². The highest BCUT2D eigenvalue weighted by Gasteiger charge is 2.30. The second-order valence-corrected chi connectivity index (χ2v) is 4.79. The second kappa shape index (κ2) is 7.39. The number of amides is 1. The first-order valence-electron chi connectivity index (χ1n) is 6.84. The predicted molar refractivity (Wildman–Crippen MR) is 75.2 cm³/mol. The number of ether oxygens (including phenoxy) is 3. The molecule has 1 aromatic rings. The summed E-state index contributed by atoms with van der Waals surface area (Å²) in [6.45, 7) is -0.0337. The van der Waals surface area contributed by atoms with Crippen LogP contribution in [0.5, 0.6) is 0 Å². The zero-order chi connectivity index (χ0) is 16.8. The number of carbonyl (C=O) groups excluding carboxylic acids is 4. The lowest BCUT2D eigenvalue weighted by atomic mass is 10.1. The van der Waals surface area contributed by atoms with E-state index >= 15 is 0 Å². The molecule has 1 saturated heterocycles. The Kier molecular flexibility index (Phi) is 5.29. The molecule has 0 saturated carbocycles. The van der Waals surface area contributed by atoms with Crippen LogP contribution in [0.4, 0.5) is 4.79 Å². The third-order valence-electron chi connectivity index (χ3n) is 3.17. The summed E-state index contributed by atoms with van der Waals surface area (Å²) in [6.07, 6.45) is -0.551. The molecule has 1 aliphatic rings. The van der Waals surface area contributed by atoms with Crippen LogP contribution in [-0.4, -0.2) is 37.2 Å². The van der Waals surface area contributed by atoms with Crippen LogP contribution in [0.25, 0.3) is 0 Å². The molecule has 0 unspecified atom stereocenters. The van der Waals surface area contributed by atoms with E-state index in [1.165, 1.54) is 7.11 Å². The molecule has 1 fully saturated rings. The van der Waals surface area contributed by atoms with Crippen molar-refractivity contribution >= 4 is 24.0 Å². The molecule has 2 rings (SSSR count). The number of benzene rings is 1. The van der Waals surface area contributed by atoms with Crippen molar-refractivity contribution in [1.29, 1.82) is 0 Å². The minimum absolute atomic E-state index is 0.0337. The number of hydrogen-bond acceptors (Lipinski definition) is 7.